The molecule has 2 rings (SSSR count). The second kappa shape index (κ2) is 5.02. The maximum atomic E-state index is 12.0. The van der Waals surface area contributed by atoms with Crippen molar-refractivity contribution in [1.29, 1.82) is 0 Å². The summed E-state index contributed by atoms with van der Waals surface area (Å²) < 4.78 is 5.70. The fraction of sp³-hybridized carbons (Fsp3) is 0.200. The molecule has 9 heteroatoms. The van der Waals surface area contributed by atoms with Crippen LogP contribution < -0.4 is 5.56 Å². The van der Waals surface area contributed by atoms with E-state index >= 15 is 0 Å². The SMILES string of the molecule is Cc1onc2c(=O)n(CC(Cl)=CCl)nc(C(=O)O)c12. The summed E-state index contributed by atoms with van der Waals surface area (Å²) in [6.07, 6.45) is 0. The van der Waals surface area contributed by atoms with Gasteiger partial charge in [0.1, 0.15) is 5.76 Å². The lowest BCUT2D eigenvalue weighted by molar-refractivity contribution is 0.0690. The summed E-state index contributed by atoms with van der Waals surface area (Å²) in [5, 5.41) is 16.6. The first-order valence-electron chi connectivity index (χ1n) is 5.01. The minimum Gasteiger partial charge on any atom is -0.476 e. The van der Waals surface area contributed by atoms with Crippen LogP contribution in [0.3, 0.4) is 0 Å². The highest BCUT2D eigenvalue weighted by atomic mass is 35.5. The lowest BCUT2D eigenvalue weighted by atomic mass is 10.2. The van der Waals surface area contributed by atoms with Crippen LogP contribution in [0.2, 0.25) is 0 Å². The monoisotopic (exact) mass is 303 g/mol. The van der Waals surface area contributed by atoms with Crippen LogP contribution in [0, 0.1) is 6.92 Å². The summed E-state index contributed by atoms with van der Waals surface area (Å²) in [7, 11) is 0. The molecule has 100 valence electrons. The van der Waals surface area contributed by atoms with Crippen molar-refractivity contribution >= 4 is 40.1 Å². The molecule has 1 N–H and O–H groups in total. The molecule has 2 aromatic heterocycles. The molecule has 2 heterocycles. The lowest BCUT2D eigenvalue weighted by Crippen LogP contribution is -2.26. The number of halogens is 2. The van der Waals surface area contributed by atoms with Crippen LogP contribution in [0.4, 0.5) is 0 Å². The third-order valence-electron chi connectivity index (χ3n) is 2.38. The van der Waals surface area contributed by atoms with Crippen LogP contribution in [0.25, 0.3) is 10.9 Å². The summed E-state index contributed by atoms with van der Waals surface area (Å²) >= 11 is 11.1. The lowest BCUT2D eigenvalue weighted by Gasteiger charge is -2.04. The van der Waals surface area contributed by atoms with Crippen LogP contribution in [-0.4, -0.2) is 26.0 Å². The zero-order valence-electron chi connectivity index (χ0n) is 9.55. The molecule has 0 radical (unpaired) electrons. The molecule has 0 aliphatic heterocycles. The Kier molecular flexibility index (Phi) is 3.59. The molecule has 0 saturated carbocycles. The van der Waals surface area contributed by atoms with Gasteiger partial charge in [0.05, 0.1) is 17.0 Å². The summed E-state index contributed by atoms with van der Waals surface area (Å²) in [5.41, 5.74) is 0.0267. The van der Waals surface area contributed by atoms with Gasteiger partial charge in [-0.3, -0.25) is 4.79 Å². The Morgan fingerprint density at radius 3 is 2.84 bits per heavy atom. The average Bonchev–Trinajstić information content (AvgIpc) is 2.75. The van der Waals surface area contributed by atoms with Gasteiger partial charge in [0.15, 0.2) is 11.2 Å². The maximum absolute atomic E-state index is 12.0. The number of allylic oxidation sites excluding steroid dienone is 1. The second-order valence-corrected chi connectivity index (χ2v) is 4.34. The Hall–Kier alpha value is -1.86. The summed E-state index contributed by atoms with van der Waals surface area (Å²) in [6, 6.07) is 0. The van der Waals surface area contributed by atoms with Gasteiger partial charge in [-0.05, 0) is 6.92 Å². The molecule has 7 nitrogen and oxygen atoms in total. The van der Waals surface area contributed by atoms with E-state index in [1.165, 1.54) is 6.92 Å². The second-order valence-electron chi connectivity index (χ2n) is 3.63. The quantitative estimate of drug-likeness (QED) is 0.927. The first kappa shape index (κ1) is 13.6. The summed E-state index contributed by atoms with van der Waals surface area (Å²) in [5.74, 6) is -1.08. The maximum Gasteiger partial charge on any atom is 0.357 e. The third-order valence-corrected chi connectivity index (χ3v) is 2.98. The number of carbonyl (C=O) groups is 1. The molecular weight excluding hydrogens is 297 g/mol. The van der Waals surface area contributed by atoms with E-state index in [1.807, 2.05) is 0 Å². The fourth-order valence-electron chi connectivity index (χ4n) is 1.57. The van der Waals surface area contributed by atoms with Crippen molar-refractivity contribution in [2.75, 3.05) is 0 Å². The number of aromatic nitrogens is 3. The Balaban J connectivity index is 2.78. The Morgan fingerprint density at radius 2 is 2.26 bits per heavy atom. The van der Waals surface area contributed by atoms with Crippen LogP contribution >= 0.6 is 23.2 Å². The van der Waals surface area contributed by atoms with E-state index in [-0.39, 0.29) is 33.9 Å². The zero-order chi connectivity index (χ0) is 14.2. The topological polar surface area (TPSA) is 98.2 Å². The summed E-state index contributed by atoms with van der Waals surface area (Å²) in [6.45, 7) is 1.35. The Bertz CT molecular complexity index is 747. The standard InChI is InChI=1S/C10H7Cl2N3O4/c1-4-6-7(14-19-4)9(16)15(3-5(12)2-11)13-8(6)10(17)18/h2H,3H2,1H3,(H,17,18). The fourth-order valence-corrected chi connectivity index (χ4v) is 1.75. The first-order valence-corrected chi connectivity index (χ1v) is 5.82. The molecule has 19 heavy (non-hydrogen) atoms. The van der Waals surface area contributed by atoms with Gasteiger partial charge >= 0.3 is 5.97 Å². The Labute approximate surface area is 116 Å². The number of fused-ring (bicyclic) bond motifs is 1. The molecule has 0 atom stereocenters. The van der Waals surface area contributed by atoms with Crippen molar-refractivity contribution in [3.05, 3.63) is 32.4 Å². The van der Waals surface area contributed by atoms with E-state index in [2.05, 4.69) is 10.3 Å². The molecule has 0 bridgehead atoms. The van der Waals surface area contributed by atoms with Crippen LogP contribution in [0.5, 0.6) is 0 Å². The number of carboxylic acid groups (broad SMARTS) is 1. The highest BCUT2D eigenvalue weighted by Gasteiger charge is 2.21. The van der Waals surface area contributed by atoms with E-state index in [0.29, 0.717) is 0 Å². The van der Waals surface area contributed by atoms with E-state index in [0.717, 1.165) is 10.2 Å². The van der Waals surface area contributed by atoms with Crippen molar-refractivity contribution in [3.8, 4) is 0 Å². The molecule has 0 amide bonds. The number of aromatic carboxylic acids is 1. The number of aryl methyl sites for hydroxylation is 1. The smallest absolute Gasteiger partial charge is 0.357 e. The van der Waals surface area contributed by atoms with Gasteiger partial charge in [-0.1, -0.05) is 28.4 Å². The molecule has 0 spiro atoms. The predicted molar refractivity (Wildman–Crippen MR) is 67.5 cm³/mol. The van der Waals surface area contributed by atoms with Gasteiger partial charge in [-0.15, -0.1) is 0 Å². The number of hydrogen-bond acceptors (Lipinski definition) is 5. The zero-order valence-corrected chi connectivity index (χ0v) is 11.1. The number of carboxylic acids is 1. The van der Waals surface area contributed by atoms with Crippen molar-refractivity contribution in [1.82, 2.24) is 14.9 Å². The van der Waals surface area contributed by atoms with Crippen LogP contribution in [0.1, 0.15) is 16.2 Å². The number of nitrogens with zero attached hydrogens (tertiary/aromatic N) is 3. The van der Waals surface area contributed by atoms with Gasteiger partial charge < -0.3 is 9.63 Å². The molecule has 0 saturated heterocycles. The van der Waals surface area contributed by atoms with E-state index in [1.54, 1.807) is 0 Å². The molecule has 0 aliphatic rings. The van der Waals surface area contributed by atoms with Crippen molar-refractivity contribution in [2.24, 2.45) is 0 Å². The van der Waals surface area contributed by atoms with Gasteiger partial charge in [0.2, 0.25) is 0 Å². The van der Waals surface area contributed by atoms with Crippen LogP contribution in [-0.2, 0) is 6.54 Å². The Morgan fingerprint density at radius 1 is 1.58 bits per heavy atom. The molecule has 2 aromatic rings. The molecule has 0 aliphatic carbocycles. The van der Waals surface area contributed by atoms with Gasteiger partial charge in [-0.2, -0.15) is 5.10 Å². The number of hydrogen-bond donors (Lipinski definition) is 1. The average molecular weight is 304 g/mol. The molecule has 0 unspecified atom stereocenters. The van der Waals surface area contributed by atoms with Gasteiger partial charge in [0, 0.05) is 5.54 Å². The normalized spacial score (nSPS) is 12.1. The van der Waals surface area contributed by atoms with Gasteiger partial charge in [0.25, 0.3) is 5.56 Å². The van der Waals surface area contributed by atoms with Crippen molar-refractivity contribution in [3.63, 3.8) is 0 Å². The van der Waals surface area contributed by atoms with Crippen LogP contribution in [0.15, 0.2) is 19.9 Å². The van der Waals surface area contributed by atoms with E-state index in [4.69, 9.17) is 32.8 Å². The van der Waals surface area contributed by atoms with Crippen molar-refractivity contribution in [2.45, 2.75) is 13.5 Å². The third kappa shape index (κ3) is 2.34. The first-order chi connectivity index (χ1) is 8.95. The molecule has 0 aromatic carbocycles. The minimum absolute atomic E-state index is 0.0831. The van der Waals surface area contributed by atoms with E-state index < -0.39 is 11.5 Å². The highest BCUT2D eigenvalue weighted by Crippen LogP contribution is 2.18. The number of rotatable bonds is 3. The molecule has 0 fully saturated rings. The van der Waals surface area contributed by atoms with E-state index in [9.17, 15) is 9.59 Å². The predicted octanol–water partition coefficient (Wildman–Crippen LogP) is 1.71. The summed E-state index contributed by atoms with van der Waals surface area (Å²) in [4.78, 5) is 23.2. The molecular formula is C10H7Cl2N3O4. The largest absolute Gasteiger partial charge is 0.476 e. The van der Waals surface area contributed by atoms with Crippen molar-refractivity contribution < 1.29 is 14.4 Å². The highest BCUT2D eigenvalue weighted by molar-refractivity contribution is 6.36. The minimum atomic E-state index is -1.30. The van der Waals surface area contributed by atoms with Gasteiger partial charge in [-0.25, -0.2) is 9.48 Å².